The topological polar surface area (TPSA) is 80.5 Å². The van der Waals surface area contributed by atoms with Crippen molar-refractivity contribution in [3.63, 3.8) is 0 Å². The summed E-state index contributed by atoms with van der Waals surface area (Å²) in [6.45, 7) is 8.45. The maximum atomic E-state index is 4.47. The zero-order valence-electron chi connectivity index (χ0n) is 12.2. The average molecular weight is 275 g/mol. The standard InChI is InChI=1S/C13H21N7/c1-4-10-17-11(14-5-2)7-12(18-10)15-8-13-19-16-9-20(13)6-3/h7,9H,4-6,8H2,1-3H3,(H2,14,15,17,18). The van der Waals surface area contributed by atoms with Gasteiger partial charge in [0.05, 0.1) is 6.54 Å². The summed E-state index contributed by atoms with van der Waals surface area (Å²) in [5.41, 5.74) is 0. The van der Waals surface area contributed by atoms with Crippen LogP contribution in [0.5, 0.6) is 0 Å². The molecule has 7 nitrogen and oxygen atoms in total. The van der Waals surface area contributed by atoms with Crippen molar-refractivity contribution in [2.45, 2.75) is 40.3 Å². The molecule has 2 aromatic rings. The molecule has 0 spiro atoms. The molecule has 0 atom stereocenters. The monoisotopic (exact) mass is 275 g/mol. The Hall–Kier alpha value is -2.18. The fraction of sp³-hybridized carbons (Fsp3) is 0.538. The van der Waals surface area contributed by atoms with Crippen molar-refractivity contribution < 1.29 is 0 Å². The Morgan fingerprint density at radius 3 is 2.50 bits per heavy atom. The first-order chi connectivity index (χ1) is 9.76. The Labute approximate surface area is 118 Å². The molecule has 0 aromatic carbocycles. The molecule has 7 heteroatoms. The summed E-state index contributed by atoms with van der Waals surface area (Å²) in [7, 11) is 0. The molecule has 2 rings (SSSR count). The van der Waals surface area contributed by atoms with Crippen LogP contribution in [-0.4, -0.2) is 31.3 Å². The van der Waals surface area contributed by atoms with Crippen LogP contribution in [0.15, 0.2) is 12.4 Å². The molecule has 0 radical (unpaired) electrons. The number of nitrogens with zero attached hydrogens (tertiary/aromatic N) is 5. The molecule has 108 valence electrons. The minimum Gasteiger partial charge on any atom is -0.370 e. The van der Waals surface area contributed by atoms with Crippen molar-refractivity contribution in [1.82, 2.24) is 24.7 Å². The van der Waals surface area contributed by atoms with Crippen LogP contribution in [0.25, 0.3) is 0 Å². The lowest BCUT2D eigenvalue weighted by atomic mass is 10.4. The quantitative estimate of drug-likeness (QED) is 0.800. The van der Waals surface area contributed by atoms with Crippen molar-refractivity contribution in [1.29, 1.82) is 0 Å². The van der Waals surface area contributed by atoms with E-state index in [9.17, 15) is 0 Å². The lowest BCUT2D eigenvalue weighted by Gasteiger charge is -2.10. The first-order valence-corrected chi connectivity index (χ1v) is 6.99. The van der Waals surface area contributed by atoms with E-state index in [-0.39, 0.29) is 0 Å². The fourth-order valence-electron chi connectivity index (χ4n) is 1.87. The van der Waals surface area contributed by atoms with Gasteiger partial charge < -0.3 is 15.2 Å². The minimum atomic E-state index is 0.597. The van der Waals surface area contributed by atoms with Gasteiger partial charge in [0, 0.05) is 25.6 Å². The second-order valence-corrected chi connectivity index (χ2v) is 4.33. The van der Waals surface area contributed by atoms with Crippen molar-refractivity contribution in [2.75, 3.05) is 17.2 Å². The Balaban J connectivity index is 2.10. The molecule has 0 fully saturated rings. The number of aryl methyl sites for hydroxylation is 2. The zero-order chi connectivity index (χ0) is 14.4. The van der Waals surface area contributed by atoms with Gasteiger partial charge in [-0.1, -0.05) is 6.92 Å². The molecule has 0 bridgehead atoms. The third-order valence-corrected chi connectivity index (χ3v) is 2.91. The van der Waals surface area contributed by atoms with Crippen LogP contribution in [0.1, 0.15) is 32.4 Å². The highest BCUT2D eigenvalue weighted by atomic mass is 15.3. The second kappa shape index (κ2) is 6.83. The van der Waals surface area contributed by atoms with Crippen LogP contribution in [0.3, 0.4) is 0 Å². The largest absolute Gasteiger partial charge is 0.370 e. The molecule has 0 unspecified atom stereocenters. The molecule has 0 saturated carbocycles. The van der Waals surface area contributed by atoms with Gasteiger partial charge in [-0.05, 0) is 13.8 Å². The Morgan fingerprint density at radius 1 is 1.10 bits per heavy atom. The van der Waals surface area contributed by atoms with Gasteiger partial charge in [0.15, 0.2) is 5.82 Å². The predicted octanol–water partition coefficient (Wildman–Crippen LogP) is 1.69. The third kappa shape index (κ3) is 3.43. The van der Waals surface area contributed by atoms with Crippen molar-refractivity contribution in [3.8, 4) is 0 Å². The van der Waals surface area contributed by atoms with Gasteiger partial charge in [0.2, 0.25) is 0 Å². The SMILES string of the molecule is CCNc1cc(NCc2nncn2CC)nc(CC)n1. The van der Waals surface area contributed by atoms with Crippen LogP contribution in [-0.2, 0) is 19.5 Å². The third-order valence-electron chi connectivity index (χ3n) is 2.91. The smallest absolute Gasteiger partial charge is 0.152 e. The van der Waals surface area contributed by atoms with E-state index in [4.69, 9.17) is 0 Å². The number of anilines is 2. The highest BCUT2D eigenvalue weighted by Crippen LogP contribution is 2.12. The van der Waals surface area contributed by atoms with Gasteiger partial charge in [-0.25, -0.2) is 9.97 Å². The van der Waals surface area contributed by atoms with Crippen LogP contribution < -0.4 is 10.6 Å². The van der Waals surface area contributed by atoms with Gasteiger partial charge in [-0.3, -0.25) is 0 Å². The number of hydrogen-bond acceptors (Lipinski definition) is 6. The van der Waals surface area contributed by atoms with Crippen molar-refractivity contribution >= 4 is 11.6 Å². The van der Waals surface area contributed by atoms with E-state index in [1.807, 2.05) is 24.5 Å². The van der Waals surface area contributed by atoms with Crippen LogP contribution in [0, 0.1) is 0 Å². The highest BCUT2D eigenvalue weighted by molar-refractivity contribution is 5.47. The molecule has 0 saturated heterocycles. The van der Waals surface area contributed by atoms with E-state index in [0.717, 1.165) is 42.8 Å². The molecule has 0 amide bonds. The second-order valence-electron chi connectivity index (χ2n) is 4.33. The van der Waals surface area contributed by atoms with Crippen LogP contribution in [0.2, 0.25) is 0 Å². The Morgan fingerprint density at radius 2 is 1.85 bits per heavy atom. The number of rotatable bonds is 7. The minimum absolute atomic E-state index is 0.597. The maximum absolute atomic E-state index is 4.47. The molecular formula is C13H21N7. The highest BCUT2D eigenvalue weighted by Gasteiger charge is 2.06. The van der Waals surface area contributed by atoms with Gasteiger partial charge in [0.1, 0.15) is 23.8 Å². The van der Waals surface area contributed by atoms with E-state index in [2.05, 4.69) is 37.7 Å². The number of hydrogen-bond donors (Lipinski definition) is 2. The molecule has 0 aliphatic carbocycles. The fourth-order valence-corrected chi connectivity index (χ4v) is 1.87. The molecule has 20 heavy (non-hydrogen) atoms. The van der Waals surface area contributed by atoms with Crippen LogP contribution >= 0.6 is 0 Å². The van der Waals surface area contributed by atoms with E-state index in [1.165, 1.54) is 0 Å². The van der Waals surface area contributed by atoms with Gasteiger partial charge in [0.25, 0.3) is 0 Å². The summed E-state index contributed by atoms with van der Waals surface area (Å²) in [4.78, 5) is 8.89. The summed E-state index contributed by atoms with van der Waals surface area (Å²) >= 11 is 0. The van der Waals surface area contributed by atoms with E-state index < -0.39 is 0 Å². The van der Waals surface area contributed by atoms with Crippen molar-refractivity contribution in [3.05, 3.63) is 24.0 Å². The normalized spacial score (nSPS) is 10.6. The Kier molecular flexibility index (Phi) is 4.86. The number of aromatic nitrogens is 5. The lowest BCUT2D eigenvalue weighted by molar-refractivity contribution is 0.707. The maximum Gasteiger partial charge on any atom is 0.152 e. The molecular weight excluding hydrogens is 254 g/mol. The number of nitrogens with one attached hydrogen (secondary N) is 2. The van der Waals surface area contributed by atoms with Gasteiger partial charge in [-0.15, -0.1) is 10.2 Å². The molecule has 0 aliphatic rings. The van der Waals surface area contributed by atoms with E-state index >= 15 is 0 Å². The van der Waals surface area contributed by atoms with Crippen molar-refractivity contribution in [2.24, 2.45) is 0 Å². The molecule has 0 aliphatic heterocycles. The summed E-state index contributed by atoms with van der Waals surface area (Å²) < 4.78 is 2.00. The van der Waals surface area contributed by atoms with E-state index in [1.54, 1.807) is 6.33 Å². The van der Waals surface area contributed by atoms with Crippen LogP contribution in [0.4, 0.5) is 11.6 Å². The summed E-state index contributed by atoms with van der Waals surface area (Å²) in [5.74, 6) is 3.37. The van der Waals surface area contributed by atoms with Gasteiger partial charge >= 0.3 is 0 Å². The first-order valence-electron chi connectivity index (χ1n) is 6.99. The van der Waals surface area contributed by atoms with E-state index in [0.29, 0.717) is 6.54 Å². The summed E-state index contributed by atoms with van der Waals surface area (Å²) in [6, 6.07) is 1.91. The lowest BCUT2D eigenvalue weighted by Crippen LogP contribution is -2.11. The Bertz CT molecular complexity index is 549. The zero-order valence-corrected chi connectivity index (χ0v) is 12.2. The average Bonchev–Trinajstić information content (AvgIpc) is 2.92. The molecule has 2 aromatic heterocycles. The molecule has 2 heterocycles. The van der Waals surface area contributed by atoms with Gasteiger partial charge in [-0.2, -0.15) is 0 Å². The summed E-state index contributed by atoms with van der Waals surface area (Å²) in [6.07, 6.45) is 2.54. The molecule has 2 N–H and O–H groups in total. The first kappa shape index (κ1) is 14.2. The summed E-state index contributed by atoms with van der Waals surface area (Å²) in [5, 5.41) is 14.5. The predicted molar refractivity (Wildman–Crippen MR) is 78.6 cm³/mol.